The zero-order valence-corrected chi connectivity index (χ0v) is 7.61. The van der Waals surface area contributed by atoms with E-state index in [0.29, 0.717) is 5.56 Å². The molecule has 3 heteroatoms. The number of hydrogen-bond acceptors (Lipinski definition) is 3. The van der Waals surface area contributed by atoms with E-state index in [2.05, 4.69) is 5.16 Å². The highest BCUT2D eigenvalue weighted by Crippen LogP contribution is 2.08. The molecule has 0 aliphatic rings. The van der Waals surface area contributed by atoms with Crippen molar-refractivity contribution in [3.63, 3.8) is 0 Å². The topological polar surface area (TPSA) is 49.7 Å². The maximum atomic E-state index is 11.5. The third-order valence-electron chi connectivity index (χ3n) is 1.87. The van der Waals surface area contributed by atoms with Crippen molar-refractivity contribution in [2.24, 2.45) is 5.16 Å². The van der Waals surface area contributed by atoms with Crippen molar-refractivity contribution in [3.05, 3.63) is 35.4 Å². The molecule has 0 fully saturated rings. The predicted octanol–water partition coefficient (Wildman–Crippen LogP) is 2.03. The third kappa shape index (κ3) is 1.93. The number of Topliss-reactive ketones (excluding diaryl/α,β-unsaturated/α-hetero) is 1. The summed E-state index contributed by atoms with van der Waals surface area (Å²) < 4.78 is 0. The average molecular weight is 177 g/mol. The van der Waals surface area contributed by atoms with E-state index in [9.17, 15) is 4.79 Å². The number of hydrogen-bond donors (Lipinski definition) is 1. The van der Waals surface area contributed by atoms with Crippen LogP contribution in [0.15, 0.2) is 29.4 Å². The summed E-state index contributed by atoms with van der Waals surface area (Å²) in [7, 11) is 0. The molecular weight excluding hydrogens is 166 g/mol. The van der Waals surface area contributed by atoms with Crippen LogP contribution in [0.25, 0.3) is 0 Å². The van der Waals surface area contributed by atoms with Crippen LogP contribution in [-0.2, 0) is 0 Å². The number of benzene rings is 1. The van der Waals surface area contributed by atoms with Gasteiger partial charge in [-0.2, -0.15) is 0 Å². The van der Waals surface area contributed by atoms with Crippen LogP contribution in [0.5, 0.6) is 0 Å². The number of carbonyl (C=O) groups excluding carboxylic acids is 1. The Morgan fingerprint density at radius 3 is 2.54 bits per heavy atom. The summed E-state index contributed by atoms with van der Waals surface area (Å²) in [6, 6.07) is 7.20. The van der Waals surface area contributed by atoms with Gasteiger partial charge in [-0.3, -0.25) is 4.79 Å². The summed E-state index contributed by atoms with van der Waals surface area (Å²) in [4.78, 5) is 11.5. The van der Waals surface area contributed by atoms with E-state index >= 15 is 0 Å². The fraction of sp³-hybridized carbons (Fsp3) is 0.200. The van der Waals surface area contributed by atoms with Crippen molar-refractivity contribution in [1.82, 2.24) is 0 Å². The number of rotatable bonds is 2. The SMILES string of the molecule is CC(=NO)C(=O)c1ccccc1C. The van der Waals surface area contributed by atoms with E-state index in [1.165, 1.54) is 6.92 Å². The van der Waals surface area contributed by atoms with Gasteiger partial charge in [-0.05, 0) is 19.4 Å². The maximum Gasteiger partial charge on any atom is 0.210 e. The number of carbonyl (C=O) groups is 1. The average Bonchev–Trinajstić information content (AvgIpc) is 2.16. The van der Waals surface area contributed by atoms with Gasteiger partial charge >= 0.3 is 0 Å². The van der Waals surface area contributed by atoms with Crippen LogP contribution in [0.3, 0.4) is 0 Å². The molecule has 0 heterocycles. The lowest BCUT2D eigenvalue weighted by Gasteiger charge is -2.01. The molecule has 0 radical (unpaired) electrons. The van der Waals surface area contributed by atoms with Gasteiger partial charge in [0.05, 0.1) is 0 Å². The Labute approximate surface area is 76.7 Å². The number of ketones is 1. The molecule has 0 amide bonds. The molecule has 0 aromatic heterocycles. The summed E-state index contributed by atoms with van der Waals surface area (Å²) in [5.74, 6) is -0.236. The molecule has 0 bridgehead atoms. The lowest BCUT2D eigenvalue weighted by molar-refractivity contribution is 0.106. The highest BCUT2D eigenvalue weighted by molar-refractivity contribution is 6.45. The first kappa shape index (κ1) is 9.45. The molecule has 0 unspecified atom stereocenters. The molecule has 1 aromatic rings. The van der Waals surface area contributed by atoms with Crippen LogP contribution < -0.4 is 0 Å². The minimum absolute atomic E-state index is 0.106. The molecule has 13 heavy (non-hydrogen) atoms. The Morgan fingerprint density at radius 1 is 1.38 bits per heavy atom. The molecular formula is C10H11NO2. The Bertz CT molecular complexity index is 356. The van der Waals surface area contributed by atoms with Gasteiger partial charge in [0.2, 0.25) is 5.78 Å². The molecule has 0 atom stereocenters. The molecule has 1 rings (SSSR count). The summed E-state index contributed by atoms with van der Waals surface area (Å²) in [5.41, 5.74) is 1.57. The molecule has 1 aromatic carbocycles. The first-order valence-electron chi connectivity index (χ1n) is 3.96. The molecule has 3 nitrogen and oxygen atoms in total. The Hall–Kier alpha value is -1.64. The third-order valence-corrected chi connectivity index (χ3v) is 1.87. The van der Waals surface area contributed by atoms with Crippen molar-refractivity contribution < 1.29 is 10.0 Å². The minimum atomic E-state index is -0.236. The molecule has 68 valence electrons. The van der Waals surface area contributed by atoms with E-state index in [-0.39, 0.29) is 11.5 Å². The molecule has 0 aliphatic heterocycles. The lowest BCUT2D eigenvalue weighted by atomic mass is 10.0. The Morgan fingerprint density at radius 2 is 2.00 bits per heavy atom. The van der Waals surface area contributed by atoms with Crippen LogP contribution in [0.4, 0.5) is 0 Å². The second kappa shape index (κ2) is 3.85. The monoisotopic (exact) mass is 177 g/mol. The Balaban J connectivity index is 3.10. The van der Waals surface area contributed by atoms with Crippen LogP contribution >= 0.6 is 0 Å². The van der Waals surface area contributed by atoms with Crippen LogP contribution in [0.1, 0.15) is 22.8 Å². The van der Waals surface area contributed by atoms with Gasteiger partial charge < -0.3 is 5.21 Å². The quantitative estimate of drug-likeness (QED) is 0.325. The van der Waals surface area contributed by atoms with Crippen LogP contribution in [-0.4, -0.2) is 16.7 Å². The van der Waals surface area contributed by atoms with E-state index in [1.54, 1.807) is 12.1 Å². The van der Waals surface area contributed by atoms with Gasteiger partial charge in [0.25, 0.3) is 0 Å². The van der Waals surface area contributed by atoms with E-state index in [1.807, 2.05) is 19.1 Å². The molecule has 0 aliphatic carbocycles. The van der Waals surface area contributed by atoms with E-state index in [4.69, 9.17) is 5.21 Å². The predicted molar refractivity (Wildman–Crippen MR) is 50.4 cm³/mol. The molecule has 0 spiro atoms. The number of nitrogens with zero attached hydrogens (tertiary/aromatic N) is 1. The highest BCUT2D eigenvalue weighted by Gasteiger charge is 2.11. The highest BCUT2D eigenvalue weighted by atomic mass is 16.4. The fourth-order valence-electron chi connectivity index (χ4n) is 1.07. The zero-order valence-electron chi connectivity index (χ0n) is 7.61. The summed E-state index contributed by atoms with van der Waals surface area (Å²) in [5, 5.41) is 11.3. The zero-order chi connectivity index (χ0) is 9.84. The summed E-state index contributed by atoms with van der Waals surface area (Å²) in [6.45, 7) is 3.33. The van der Waals surface area contributed by atoms with Crippen molar-refractivity contribution in [2.45, 2.75) is 13.8 Å². The molecule has 0 saturated heterocycles. The minimum Gasteiger partial charge on any atom is -0.411 e. The van der Waals surface area contributed by atoms with Gasteiger partial charge in [0.1, 0.15) is 5.71 Å². The number of aryl methyl sites for hydroxylation is 1. The van der Waals surface area contributed by atoms with Gasteiger partial charge in [-0.25, -0.2) is 0 Å². The second-order valence-corrected chi connectivity index (χ2v) is 2.83. The largest absolute Gasteiger partial charge is 0.411 e. The van der Waals surface area contributed by atoms with Gasteiger partial charge in [0, 0.05) is 5.56 Å². The van der Waals surface area contributed by atoms with Gasteiger partial charge in [-0.15, -0.1) is 0 Å². The van der Waals surface area contributed by atoms with Crippen LogP contribution in [0.2, 0.25) is 0 Å². The van der Waals surface area contributed by atoms with Crippen molar-refractivity contribution in [2.75, 3.05) is 0 Å². The normalized spacial score (nSPS) is 11.4. The van der Waals surface area contributed by atoms with E-state index < -0.39 is 0 Å². The summed E-state index contributed by atoms with van der Waals surface area (Å²) >= 11 is 0. The van der Waals surface area contributed by atoms with Crippen molar-refractivity contribution in [1.29, 1.82) is 0 Å². The standard InChI is InChI=1S/C10H11NO2/c1-7-5-3-4-6-9(7)10(12)8(2)11-13/h3-6,13H,1-2H3. The van der Waals surface area contributed by atoms with Crippen molar-refractivity contribution >= 4 is 11.5 Å². The smallest absolute Gasteiger partial charge is 0.210 e. The first-order valence-corrected chi connectivity index (χ1v) is 3.96. The van der Waals surface area contributed by atoms with Crippen molar-refractivity contribution in [3.8, 4) is 0 Å². The maximum absolute atomic E-state index is 11.5. The molecule has 1 N–H and O–H groups in total. The second-order valence-electron chi connectivity index (χ2n) is 2.83. The van der Waals surface area contributed by atoms with Gasteiger partial charge in [0.15, 0.2) is 0 Å². The lowest BCUT2D eigenvalue weighted by Crippen LogP contribution is -2.11. The number of oxime groups is 1. The van der Waals surface area contributed by atoms with Gasteiger partial charge in [-0.1, -0.05) is 29.4 Å². The molecule has 0 saturated carbocycles. The van der Waals surface area contributed by atoms with Crippen LogP contribution in [0, 0.1) is 6.92 Å². The first-order chi connectivity index (χ1) is 6.16. The summed E-state index contributed by atoms with van der Waals surface area (Å²) in [6.07, 6.45) is 0. The Kier molecular flexibility index (Phi) is 2.80. The fourth-order valence-corrected chi connectivity index (χ4v) is 1.07. The van der Waals surface area contributed by atoms with E-state index in [0.717, 1.165) is 5.56 Å².